The highest BCUT2D eigenvalue weighted by Crippen LogP contribution is 2.39. The number of benzene rings is 3. The maximum absolute atomic E-state index is 13.1. The van der Waals surface area contributed by atoms with Gasteiger partial charge in [0.2, 0.25) is 5.09 Å². The summed E-state index contributed by atoms with van der Waals surface area (Å²) in [6.45, 7) is 2.78. The molecule has 0 bridgehead atoms. The van der Waals surface area contributed by atoms with Crippen LogP contribution in [0, 0.1) is 0 Å². The molecule has 2 heterocycles. The molecular weight excluding hydrogens is 476 g/mol. The number of ether oxygens (including phenoxy) is 5. The first-order valence-electron chi connectivity index (χ1n) is 12.2. The van der Waals surface area contributed by atoms with Crippen LogP contribution < -0.4 is 0 Å². The second-order valence-electron chi connectivity index (χ2n) is 8.61. The molecule has 0 N–H and O–H groups in total. The summed E-state index contributed by atoms with van der Waals surface area (Å²) in [6, 6.07) is 29.6. The van der Waals surface area contributed by atoms with E-state index in [1.807, 2.05) is 97.9 Å². The molecule has 7 heteroatoms. The largest absolute Gasteiger partial charge is 0.486 e. The van der Waals surface area contributed by atoms with Crippen LogP contribution in [0.3, 0.4) is 0 Å². The minimum absolute atomic E-state index is 0.284. The molecule has 0 radical (unpaired) electrons. The van der Waals surface area contributed by atoms with Gasteiger partial charge in [-0.2, -0.15) is 0 Å². The monoisotopic (exact) mass is 506 g/mol. The van der Waals surface area contributed by atoms with Crippen molar-refractivity contribution < 1.29 is 27.9 Å². The van der Waals surface area contributed by atoms with Crippen molar-refractivity contribution in [3.05, 3.63) is 119 Å². The summed E-state index contributed by atoms with van der Waals surface area (Å²) in [4.78, 5) is 0. The molecule has 0 aliphatic carbocycles. The summed E-state index contributed by atoms with van der Waals surface area (Å²) in [5, 5.41) is 0.304. The lowest BCUT2D eigenvalue weighted by atomic mass is 10.0. The Morgan fingerprint density at radius 1 is 0.861 bits per heavy atom. The Bertz CT molecular complexity index is 1170. The molecule has 188 valence electrons. The van der Waals surface area contributed by atoms with Crippen molar-refractivity contribution in [3.63, 3.8) is 0 Å². The molecule has 0 saturated carbocycles. The Kier molecular flexibility index (Phi) is 8.13. The lowest BCUT2D eigenvalue weighted by molar-refractivity contribution is -0.289. The SMILES string of the molecule is CCS(=O)C1=C(OCc2ccccc2)[C@@H](OCc2ccccc2)[C@@H]2OC(c3ccccc3)OC[C@H]2O1. The second kappa shape index (κ2) is 11.8. The van der Waals surface area contributed by atoms with Crippen molar-refractivity contribution in [2.45, 2.75) is 44.7 Å². The Balaban J connectivity index is 1.47. The van der Waals surface area contributed by atoms with Crippen molar-refractivity contribution in [1.82, 2.24) is 0 Å². The molecule has 36 heavy (non-hydrogen) atoms. The van der Waals surface area contributed by atoms with E-state index in [0.29, 0.717) is 29.8 Å². The Morgan fingerprint density at radius 2 is 1.47 bits per heavy atom. The predicted octanol–water partition coefficient (Wildman–Crippen LogP) is 5.24. The zero-order valence-electron chi connectivity index (χ0n) is 20.2. The average Bonchev–Trinajstić information content (AvgIpc) is 2.95. The van der Waals surface area contributed by atoms with Crippen LogP contribution >= 0.6 is 0 Å². The van der Waals surface area contributed by atoms with E-state index in [1.54, 1.807) is 0 Å². The standard InChI is InChI=1S/C29H30O6S/c1-2-36(30)29-27(32-19-22-14-8-4-9-15-22)26(31-18-21-12-6-3-7-13-21)25-24(34-29)20-33-28(35-25)23-16-10-5-11-17-23/h3-17,24-26,28H,2,18-20H2,1H3/t24-,25-,26+,28?,36?/m1/s1. The van der Waals surface area contributed by atoms with Gasteiger partial charge in [-0.3, -0.25) is 4.21 Å². The Morgan fingerprint density at radius 3 is 2.11 bits per heavy atom. The fourth-order valence-electron chi connectivity index (χ4n) is 4.26. The molecular formula is C29H30O6S. The molecule has 3 aromatic rings. The van der Waals surface area contributed by atoms with Gasteiger partial charge in [-0.05, 0) is 11.1 Å². The van der Waals surface area contributed by atoms with Crippen LogP contribution in [-0.2, 0) is 47.7 Å². The Labute approximate surface area is 214 Å². The zero-order valence-corrected chi connectivity index (χ0v) is 21.0. The van der Waals surface area contributed by atoms with Crippen LogP contribution in [0.15, 0.2) is 102 Å². The average molecular weight is 507 g/mol. The first-order chi connectivity index (χ1) is 17.7. The van der Waals surface area contributed by atoms with Gasteiger partial charge in [-0.15, -0.1) is 0 Å². The smallest absolute Gasteiger partial charge is 0.225 e. The van der Waals surface area contributed by atoms with Gasteiger partial charge in [0.25, 0.3) is 0 Å². The second-order valence-corrected chi connectivity index (χ2v) is 10.2. The molecule has 5 atom stereocenters. The van der Waals surface area contributed by atoms with Crippen LogP contribution in [0.5, 0.6) is 0 Å². The number of hydrogen-bond donors (Lipinski definition) is 0. The van der Waals surface area contributed by atoms with Gasteiger partial charge in [-0.25, -0.2) is 0 Å². The van der Waals surface area contributed by atoms with E-state index in [9.17, 15) is 4.21 Å². The lowest BCUT2D eigenvalue weighted by Crippen LogP contribution is -2.53. The molecule has 0 spiro atoms. The predicted molar refractivity (Wildman–Crippen MR) is 137 cm³/mol. The number of fused-ring (bicyclic) bond motifs is 1. The van der Waals surface area contributed by atoms with Gasteiger partial charge in [0.1, 0.15) is 18.8 Å². The van der Waals surface area contributed by atoms with Crippen molar-refractivity contribution in [3.8, 4) is 0 Å². The summed E-state index contributed by atoms with van der Waals surface area (Å²) >= 11 is 0. The molecule has 5 rings (SSSR count). The van der Waals surface area contributed by atoms with Crippen molar-refractivity contribution in [2.24, 2.45) is 0 Å². The van der Waals surface area contributed by atoms with Gasteiger partial charge in [0.05, 0.1) is 24.0 Å². The molecule has 1 saturated heterocycles. The summed E-state index contributed by atoms with van der Waals surface area (Å²) in [7, 11) is -1.39. The van der Waals surface area contributed by atoms with E-state index in [0.717, 1.165) is 16.7 Å². The maximum Gasteiger partial charge on any atom is 0.225 e. The van der Waals surface area contributed by atoms with E-state index in [2.05, 4.69) is 0 Å². The lowest BCUT2D eigenvalue weighted by Gasteiger charge is -2.44. The van der Waals surface area contributed by atoms with Crippen LogP contribution in [0.2, 0.25) is 0 Å². The summed E-state index contributed by atoms with van der Waals surface area (Å²) in [5.74, 6) is 0.815. The van der Waals surface area contributed by atoms with Crippen LogP contribution in [0.1, 0.15) is 29.9 Å². The van der Waals surface area contributed by atoms with Crippen LogP contribution in [-0.4, -0.2) is 34.9 Å². The number of rotatable bonds is 9. The first kappa shape index (κ1) is 24.7. The highest BCUT2D eigenvalue weighted by molar-refractivity contribution is 7.88. The van der Waals surface area contributed by atoms with Crippen LogP contribution in [0.4, 0.5) is 0 Å². The van der Waals surface area contributed by atoms with E-state index < -0.39 is 35.4 Å². The van der Waals surface area contributed by atoms with Gasteiger partial charge < -0.3 is 23.7 Å². The minimum atomic E-state index is -1.39. The molecule has 0 aromatic heterocycles. The van der Waals surface area contributed by atoms with E-state index in [-0.39, 0.29) is 6.61 Å². The minimum Gasteiger partial charge on any atom is -0.486 e. The summed E-state index contributed by atoms with van der Waals surface area (Å²) in [6.07, 6.45) is -2.16. The van der Waals surface area contributed by atoms with E-state index in [4.69, 9.17) is 23.7 Å². The molecule has 0 amide bonds. The van der Waals surface area contributed by atoms with Gasteiger partial charge >= 0.3 is 0 Å². The van der Waals surface area contributed by atoms with Crippen molar-refractivity contribution in [1.29, 1.82) is 0 Å². The maximum atomic E-state index is 13.1. The van der Waals surface area contributed by atoms with E-state index in [1.165, 1.54) is 0 Å². The Hall–Kier alpha value is -2.97. The summed E-state index contributed by atoms with van der Waals surface area (Å²) in [5.41, 5.74) is 2.93. The topological polar surface area (TPSA) is 63.2 Å². The highest BCUT2D eigenvalue weighted by atomic mass is 32.2. The molecule has 2 aliphatic heterocycles. The molecule has 1 fully saturated rings. The molecule has 2 aliphatic rings. The zero-order chi connectivity index (χ0) is 24.7. The van der Waals surface area contributed by atoms with Crippen molar-refractivity contribution in [2.75, 3.05) is 12.4 Å². The normalized spacial score (nSPS) is 24.5. The summed E-state index contributed by atoms with van der Waals surface area (Å²) < 4.78 is 44.5. The highest BCUT2D eigenvalue weighted by Gasteiger charge is 2.48. The van der Waals surface area contributed by atoms with Gasteiger partial charge in [-0.1, -0.05) is 97.9 Å². The quantitative estimate of drug-likeness (QED) is 0.396. The molecule has 3 aromatic carbocycles. The van der Waals surface area contributed by atoms with E-state index >= 15 is 0 Å². The number of hydrogen-bond acceptors (Lipinski definition) is 6. The van der Waals surface area contributed by atoms with Gasteiger partial charge in [0.15, 0.2) is 18.2 Å². The van der Waals surface area contributed by atoms with Crippen molar-refractivity contribution >= 4 is 10.8 Å². The fraction of sp³-hybridized carbons (Fsp3) is 0.310. The third-order valence-corrected chi connectivity index (χ3v) is 7.36. The molecule has 6 nitrogen and oxygen atoms in total. The fourth-order valence-corrected chi connectivity index (χ4v) is 5.16. The molecule has 2 unspecified atom stereocenters. The van der Waals surface area contributed by atoms with Crippen LogP contribution in [0.25, 0.3) is 0 Å². The third kappa shape index (κ3) is 5.71. The van der Waals surface area contributed by atoms with Gasteiger partial charge in [0, 0.05) is 11.3 Å². The third-order valence-electron chi connectivity index (χ3n) is 6.13. The first-order valence-corrected chi connectivity index (χ1v) is 13.5.